The van der Waals surface area contributed by atoms with Crippen molar-refractivity contribution >= 4 is 17.3 Å². The lowest BCUT2D eigenvalue weighted by atomic mass is 10.0. The highest BCUT2D eigenvalue weighted by molar-refractivity contribution is 6.31. The molecule has 1 N–H and O–H groups in total. The van der Waals surface area contributed by atoms with E-state index in [0.717, 1.165) is 25.5 Å². The molecule has 1 saturated carbocycles. The Morgan fingerprint density at radius 1 is 1.10 bits per heavy atom. The van der Waals surface area contributed by atoms with Crippen LogP contribution in [0.25, 0.3) is 0 Å². The fourth-order valence-corrected chi connectivity index (χ4v) is 2.91. The summed E-state index contributed by atoms with van der Waals surface area (Å²) in [7, 11) is 0. The molecule has 5 heteroatoms. The molecule has 0 unspecified atom stereocenters. The maximum atomic E-state index is 12.8. The largest absolute Gasteiger partial charge is 0.417 e. The molecule has 1 aliphatic rings. The highest BCUT2D eigenvalue weighted by Gasteiger charge is 2.33. The second-order valence-electron chi connectivity index (χ2n) is 5.43. The van der Waals surface area contributed by atoms with Crippen molar-refractivity contribution in [2.75, 3.05) is 11.9 Å². The van der Waals surface area contributed by atoms with Gasteiger partial charge < -0.3 is 5.32 Å². The van der Waals surface area contributed by atoms with E-state index >= 15 is 0 Å². The number of benzene rings is 1. The summed E-state index contributed by atoms with van der Waals surface area (Å²) < 4.78 is 38.3. The van der Waals surface area contributed by atoms with Gasteiger partial charge in [-0.25, -0.2) is 0 Å². The zero-order valence-electron chi connectivity index (χ0n) is 11.3. The molecule has 20 heavy (non-hydrogen) atoms. The van der Waals surface area contributed by atoms with Crippen molar-refractivity contribution in [3.8, 4) is 0 Å². The summed E-state index contributed by atoms with van der Waals surface area (Å²) in [6, 6.07) is 4.01. The highest BCUT2D eigenvalue weighted by atomic mass is 35.5. The molecule has 0 saturated heterocycles. The summed E-state index contributed by atoms with van der Waals surface area (Å²) in [4.78, 5) is 0. The fraction of sp³-hybridized carbons (Fsp3) is 0.600. The zero-order chi connectivity index (χ0) is 14.6. The van der Waals surface area contributed by atoms with Crippen LogP contribution < -0.4 is 5.32 Å². The van der Waals surface area contributed by atoms with E-state index in [4.69, 9.17) is 11.6 Å². The third-order valence-electron chi connectivity index (χ3n) is 3.84. The molecule has 0 radical (unpaired) electrons. The van der Waals surface area contributed by atoms with Gasteiger partial charge in [0, 0.05) is 12.2 Å². The van der Waals surface area contributed by atoms with E-state index in [1.165, 1.54) is 31.7 Å². The number of nitrogens with one attached hydrogen (secondary N) is 1. The topological polar surface area (TPSA) is 12.0 Å². The van der Waals surface area contributed by atoms with Crippen LogP contribution in [0.3, 0.4) is 0 Å². The standard InChI is InChI=1S/C15H19ClF3N/c16-14-8-7-12(9-13(14)15(17,18)19)20-10-11-5-3-1-2-4-6-11/h7-9,11,20H,1-6,10H2. The van der Waals surface area contributed by atoms with Gasteiger partial charge in [0.25, 0.3) is 0 Å². The number of alkyl halides is 3. The smallest absolute Gasteiger partial charge is 0.385 e. The zero-order valence-corrected chi connectivity index (χ0v) is 12.0. The van der Waals surface area contributed by atoms with Crippen LogP contribution in [-0.4, -0.2) is 6.54 Å². The lowest BCUT2D eigenvalue weighted by Gasteiger charge is -2.17. The maximum absolute atomic E-state index is 12.8. The Labute approximate surface area is 122 Å². The molecule has 0 heterocycles. The van der Waals surface area contributed by atoms with Crippen molar-refractivity contribution < 1.29 is 13.2 Å². The number of hydrogen-bond donors (Lipinski definition) is 1. The van der Waals surface area contributed by atoms with Gasteiger partial charge in [0.1, 0.15) is 0 Å². The van der Waals surface area contributed by atoms with Gasteiger partial charge in [-0.1, -0.05) is 37.3 Å². The quantitative estimate of drug-likeness (QED) is 0.702. The van der Waals surface area contributed by atoms with Crippen molar-refractivity contribution in [3.05, 3.63) is 28.8 Å². The summed E-state index contributed by atoms with van der Waals surface area (Å²) in [5.74, 6) is 0.558. The van der Waals surface area contributed by atoms with Crippen LogP contribution in [0.15, 0.2) is 18.2 Å². The average molecular weight is 306 g/mol. The summed E-state index contributed by atoms with van der Waals surface area (Å²) in [6.45, 7) is 0.735. The molecule has 0 atom stereocenters. The van der Waals surface area contributed by atoms with E-state index in [1.54, 1.807) is 6.07 Å². The summed E-state index contributed by atoms with van der Waals surface area (Å²) >= 11 is 5.60. The normalized spacial score (nSPS) is 17.8. The predicted molar refractivity (Wildman–Crippen MR) is 76.1 cm³/mol. The molecule has 0 aromatic heterocycles. The van der Waals surface area contributed by atoms with E-state index in [0.29, 0.717) is 11.6 Å². The van der Waals surface area contributed by atoms with Gasteiger partial charge in [-0.2, -0.15) is 13.2 Å². The van der Waals surface area contributed by atoms with Crippen LogP contribution in [0.5, 0.6) is 0 Å². The molecule has 1 aromatic rings. The van der Waals surface area contributed by atoms with E-state index in [2.05, 4.69) is 5.32 Å². The van der Waals surface area contributed by atoms with Crippen LogP contribution in [0.2, 0.25) is 5.02 Å². The Bertz CT molecular complexity index is 437. The van der Waals surface area contributed by atoms with Crippen LogP contribution in [0.4, 0.5) is 18.9 Å². The molecule has 1 aliphatic carbocycles. The first-order valence-electron chi connectivity index (χ1n) is 7.07. The number of hydrogen-bond acceptors (Lipinski definition) is 1. The van der Waals surface area contributed by atoms with Gasteiger partial charge in [0.2, 0.25) is 0 Å². The molecule has 2 rings (SSSR count). The van der Waals surface area contributed by atoms with Crippen molar-refractivity contribution in [2.45, 2.75) is 44.7 Å². The SMILES string of the molecule is FC(F)(F)c1cc(NCC2CCCCCC2)ccc1Cl. The molecule has 0 spiro atoms. The minimum absolute atomic E-state index is 0.252. The van der Waals surface area contributed by atoms with E-state index in [9.17, 15) is 13.2 Å². The monoisotopic (exact) mass is 305 g/mol. The molecule has 0 bridgehead atoms. The van der Waals surface area contributed by atoms with Gasteiger partial charge in [0.05, 0.1) is 10.6 Å². The van der Waals surface area contributed by atoms with E-state index in [-0.39, 0.29) is 5.02 Å². The number of halogens is 4. The van der Waals surface area contributed by atoms with Gasteiger partial charge >= 0.3 is 6.18 Å². The first kappa shape index (κ1) is 15.5. The Hall–Kier alpha value is -0.900. The first-order chi connectivity index (χ1) is 9.47. The van der Waals surface area contributed by atoms with Crippen LogP contribution in [-0.2, 0) is 6.18 Å². The Balaban J connectivity index is 1.99. The molecule has 1 aromatic carbocycles. The van der Waals surface area contributed by atoms with E-state index < -0.39 is 11.7 Å². The third-order valence-corrected chi connectivity index (χ3v) is 4.17. The second kappa shape index (κ2) is 6.70. The molecule has 112 valence electrons. The van der Waals surface area contributed by atoms with Crippen molar-refractivity contribution in [3.63, 3.8) is 0 Å². The minimum atomic E-state index is -4.41. The molecular weight excluding hydrogens is 287 g/mol. The Morgan fingerprint density at radius 3 is 2.35 bits per heavy atom. The summed E-state index contributed by atoms with van der Waals surface area (Å²) in [5.41, 5.74) is -0.281. The van der Waals surface area contributed by atoms with Gasteiger partial charge in [-0.05, 0) is 37.0 Å². The van der Waals surface area contributed by atoms with Crippen LogP contribution in [0.1, 0.15) is 44.1 Å². The van der Waals surface area contributed by atoms with Crippen LogP contribution in [0, 0.1) is 5.92 Å². The fourth-order valence-electron chi connectivity index (χ4n) is 2.68. The first-order valence-corrected chi connectivity index (χ1v) is 7.45. The minimum Gasteiger partial charge on any atom is -0.385 e. The Kier molecular flexibility index (Phi) is 5.19. The third kappa shape index (κ3) is 4.30. The van der Waals surface area contributed by atoms with Crippen molar-refractivity contribution in [2.24, 2.45) is 5.92 Å². The van der Waals surface area contributed by atoms with Gasteiger partial charge in [0.15, 0.2) is 0 Å². The molecular formula is C15H19ClF3N. The van der Waals surface area contributed by atoms with Crippen molar-refractivity contribution in [1.29, 1.82) is 0 Å². The highest BCUT2D eigenvalue weighted by Crippen LogP contribution is 2.36. The second-order valence-corrected chi connectivity index (χ2v) is 5.84. The average Bonchev–Trinajstić information content (AvgIpc) is 2.65. The Morgan fingerprint density at radius 2 is 1.75 bits per heavy atom. The van der Waals surface area contributed by atoms with Crippen molar-refractivity contribution in [1.82, 2.24) is 0 Å². The predicted octanol–water partition coefficient (Wildman–Crippen LogP) is 5.74. The number of anilines is 1. The molecule has 0 aliphatic heterocycles. The molecule has 1 nitrogen and oxygen atoms in total. The van der Waals surface area contributed by atoms with Gasteiger partial charge in [-0.15, -0.1) is 0 Å². The number of rotatable bonds is 3. The lowest BCUT2D eigenvalue weighted by Crippen LogP contribution is -2.14. The van der Waals surface area contributed by atoms with E-state index in [1.807, 2.05) is 0 Å². The maximum Gasteiger partial charge on any atom is 0.417 e. The summed E-state index contributed by atoms with van der Waals surface area (Å²) in [5, 5.41) is 2.87. The molecule has 1 fully saturated rings. The van der Waals surface area contributed by atoms with Crippen LogP contribution >= 0.6 is 11.6 Å². The lowest BCUT2D eigenvalue weighted by molar-refractivity contribution is -0.137. The van der Waals surface area contributed by atoms with Gasteiger partial charge in [-0.3, -0.25) is 0 Å². The summed E-state index contributed by atoms with van der Waals surface area (Å²) in [6.07, 6.45) is 2.91. The molecule has 0 amide bonds.